The topological polar surface area (TPSA) is 74.8 Å². The molecule has 0 aromatic heterocycles. The van der Waals surface area contributed by atoms with Crippen LogP contribution in [0.15, 0.2) is 23.2 Å². The molecule has 0 bridgehead atoms. The first-order chi connectivity index (χ1) is 12.4. The molecule has 1 aliphatic carbocycles. The quantitative estimate of drug-likeness (QED) is 0.414. The molecular weight excluding hydrogens is 328 g/mol. The lowest BCUT2D eigenvalue weighted by molar-refractivity contribution is 0.0527. The Morgan fingerprint density at radius 1 is 1.12 bits per heavy atom. The van der Waals surface area contributed by atoms with Crippen molar-refractivity contribution in [3.63, 3.8) is 0 Å². The van der Waals surface area contributed by atoms with Gasteiger partial charge < -0.3 is 20.7 Å². The van der Waals surface area contributed by atoms with Gasteiger partial charge in [0.2, 0.25) is 0 Å². The molecule has 26 heavy (non-hydrogen) atoms. The Labute approximate surface area is 156 Å². The normalized spacial score (nSPS) is 13.9. The van der Waals surface area contributed by atoms with E-state index in [1.54, 1.807) is 7.05 Å². The summed E-state index contributed by atoms with van der Waals surface area (Å²) >= 11 is 0. The van der Waals surface area contributed by atoms with Crippen LogP contribution >= 0.6 is 0 Å². The van der Waals surface area contributed by atoms with Crippen LogP contribution in [0.1, 0.15) is 50.3 Å². The number of alkyl carbamates (subject to hydrolysis) is 1. The number of carbonyl (C=O) groups is 1. The van der Waals surface area contributed by atoms with Crippen molar-refractivity contribution in [3.05, 3.63) is 34.9 Å². The van der Waals surface area contributed by atoms with E-state index in [-0.39, 0.29) is 6.09 Å². The van der Waals surface area contributed by atoms with Crippen LogP contribution in [0.5, 0.6) is 0 Å². The number of carbonyl (C=O) groups excluding carboxylic acids is 1. The van der Waals surface area contributed by atoms with Crippen LogP contribution in [0.25, 0.3) is 0 Å². The highest BCUT2D eigenvalue weighted by molar-refractivity contribution is 5.79. The Morgan fingerprint density at radius 3 is 2.58 bits per heavy atom. The Balaban J connectivity index is 1.63. The molecule has 0 fully saturated rings. The summed E-state index contributed by atoms with van der Waals surface area (Å²) in [6.45, 7) is 7.59. The predicted octanol–water partition coefficient (Wildman–Crippen LogP) is 2.76. The van der Waals surface area contributed by atoms with E-state index >= 15 is 0 Å². The molecule has 0 heterocycles. The van der Waals surface area contributed by atoms with Crippen molar-refractivity contribution in [2.24, 2.45) is 4.99 Å². The van der Waals surface area contributed by atoms with Gasteiger partial charge >= 0.3 is 6.09 Å². The molecule has 144 valence electrons. The number of fused-ring (bicyclic) bond motifs is 1. The van der Waals surface area contributed by atoms with Gasteiger partial charge in [-0.3, -0.25) is 4.99 Å². The molecule has 0 unspecified atom stereocenters. The minimum atomic E-state index is -0.466. The van der Waals surface area contributed by atoms with Crippen molar-refractivity contribution in [2.45, 2.75) is 58.6 Å². The number of amides is 1. The van der Waals surface area contributed by atoms with Crippen molar-refractivity contribution in [2.75, 3.05) is 20.1 Å². The molecule has 1 aliphatic rings. The molecule has 1 aromatic rings. The van der Waals surface area contributed by atoms with E-state index in [0.717, 1.165) is 25.5 Å². The highest BCUT2D eigenvalue weighted by Crippen LogP contribution is 2.22. The van der Waals surface area contributed by atoms with Crippen molar-refractivity contribution < 1.29 is 9.53 Å². The molecule has 0 spiro atoms. The maximum atomic E-state index is 11.6. The summed E-state index contributed by atoms with van der Waals surface area (Å²) in [5.74, 6) is 0.766. The second-order valence-electron chi connectivity index (χ2n) is 7.59. The molecule has 1 amide bonds. The molecule has 0 aliphatic heterocycles. The van der Waals surface area contributed by atoms with Crippen LogP contribution in [0.4, 0.5) is 4.79 Å². The number of aliphatic imine (C=N–C) groups is 1. The fourth-order valence-corrected chi connectivity index (χ4v) is 2.94. The Bertz CT molecular complexity index is 635. The number of aryl methyl sites for hydroxylation is 2. The van der Waals surface area contributed by atoms with E-state index < -0.39 is 5.60 Å². The lowest BCUT2D eigenvalue weighted by atomic mass is 10.1. The molecule has 2 rings (SSSR count). The van der Waals surface area contributed by atoms with Gasteiger partial charge in [-0.2, -0.15) is 0 Å². The Kier molecular flexibility index (Phi) is 7.30. The van der Waals surface area contributed by atoms with Gasteiger partial charge in [0, 0.05) is 26.7 Å². The first kappa shape index (κ1) is 20.1. The third-order valence-electron chi connectivity index (χ3n) is 4.16. The zero-order valence-corrected chi connectivity index (χ0v) is 16.4. The highest BCUT2D eigenvalue weighted by atomic mass is 16.6. The smallest absolute Gasteiger partial charge is 0.407 e. The number of hydrogen-bond acceptors (Lipinski definition) is 3. The fraction of sp³-hybridized carbons (Fsp3) is 0.600. The number of guanidine groups is 1. The monoisotopic (exact) mass is 360 g/mol. The summed E-state index contributed by atoms with van der Waals surface area (Å²) in [5.41, 5.74) is 3.79. The maximum absolute atomic E-state index is 11.6. The second-order valence-corrected chi connectivity index (χ2v) is 7.59. The van der Waals surface area contributed by atoms with Crippen LogP contribution in [-0.2, 0) is 24.1 Å². The second kappa shape index (κ2) is 9.46. The summed E-state index contributed by atoms with van der Waals surface area (Å²) in [5, 5.41) is 9.35. The number of benzene rings is 1. The standard InChI is InChI=1S/C20H32N4O2/c1-20(2,3)26-19(25)23-12-6-11-22-18(21-4)24-14-15-9-10-16-7-5-8-17(16)13-15/h9-10,13H,5-8,11-12,14H2,1-4H3,(H,23,25)(H2,21,22,24). The van der Waals surface area contributed by atoms with Crippen LogP contribution in [0, 0.1) is 0 Å². The van der Waals surface area contributed by atoms with Crippen LogP contribution in [0.3, 0.4) is 0 Å². The summed E-state index contributed by atoms with van der Waals surface area (Å²) in [6.07, 6.45) is 4.09. The van der Waals surface area contributed by atoms with Crippen LogP contribution in [0.2, 0.25) is 0 Å². The fourth-order valence-electron chi connectivity index (χ4n) is 2.94. The van der Waals surface area contributed by atoms with E-state index in [2.05, 4.69) is 39.1 Å². The van der Waals surface area contributed by atoms with Gasteiger partial charge in [-0.25, -0.2) is 4.79 Å². The largest absolute Gasteiger partial charge is 0.444 e. The maximum Gasteiger partial charge on any atom is 0.407 e. The third kappa shape index (κ3) is 6.94. The Hall–Kier alpha value is -2.24. The van der Waals surface area contributed by atoms with Crippen LogP contribution in [-0.4, -0.2) is 37.8 Å². The molecule has 0 saturated carbocycles. The lowest BCUT2D eigenvalue weighted by Crippen LogP contribution is -2.39. The van der Waals surface area contributed by atoms with E-state index in [1.165, 1.54) is 36.0 Å². The average Bonchev–Trinajstić information content (AvgIpc) is 3.03. The molecule has 0 saturated heterocycles. The van der Waals surface area contributed by atoms with Gasteiger partial charge in [0.15, 0.2) is 5.96 Å². The predicted molar refractivity (Wildman–Crippen MR) is 106 cm³/mol. The Morgan fingerprint density at radius 2 is 1.85 bits per heavy atom. The highest BCUT2D eigenvalue weighted by Gasteiger charge is 2.15. The third-order valence-corrected chi connectivity index (χ3v) is 4.16. The summed E-state index contributed by atoms with van der Waals surface area (Å²) in [7, 11) is 1.76. The molecule has 1 aromatic carbocycles. The van der Waals surface area contributed by atoms with Gasteiger partial charge in [-0.15, -0.1) is 0 Å². The average molecular weight is 361 g/mol. The number of hydrogen-bond donors (Lipinski definition) is 3. The number of nitrogens with one attached hydrogen (secondary N) is 3. The van der Waals surface area contributed by atoms with Crippen molar-refractivity contribution >= 4 is 12.1 Å². The number of rotatable bonds is 6. The van der Waals surface area contributed by atoms with Crippen molar-refractivity contribution in [1.82, 2.24) is 16.0 Å². The van der Waals surface area contributed by atoms with E-state index in [1.807, 2.05) is 20.8 Å². The molecule has 6 heteroatoms. The van der Waals surface area contributed by atoms with E-state index in [9.17, 15) is 4.79 Å². The SMILES string of the molecule is CN=C(NCCCNC(=O)OC(C)(C)C)NCc1ccc2c(c1)CCC2. The molecule has 3 N–H and O–H groups in total. The van der Waals surface area contributed by atoms with Gasteiger partial charge in [0.25, 0.3) is 0 Å². The zero-order valence-electron chi connectivity index (χ0n) is 16.4. The first-order valence-electron chi connectivity index (χ1n) is 9.39. The molecule has 0 atom stereocenters. The minimum Gasteiger partial charge on any atom is -0.444 e. The zero-order chi connectivity index (χ0) is 19.0. The lowest BCUT2D eigenvalue weighted by Gasteiger charge is -2.19. The number of ether oxygens (including phenoxy) is 1. The molecule has 6 nitrogen and oxygen atoms in total. The van der Waals surface area contributed by atoms with E-state index in [4.69, 9.17) is 4.74 Å². The van der Waals surface area contributed by atoms with Gasteiger partial charge in [-0.1, -0.05) is 18.2 Å². The van der Waals surface area contributed by atoms with E-state index in [0.29, 0.717) is 6.54 Å². The molecular formula is C20H32N4O2. The van der Waals surface area contributed by atoms with Gasteiger partial charge in [-0.05, 0) is 63.1 Å². The number of nitrogens with zero attached hydrogens (tertiary/aromatic N) is 1. The summed E-state index contributed by atoms with van der Waals surface area (Å²) < 4.78 is 5.20. The van der Waals surface area contributed by atoms with Crippen molar-refractivity contribution in [1.29, 1.82) is 0 Å². The summed E-state index contributed by atoms with van der Waals surface area (Å²) in [4.78, 5) is 15.8. The minimum absolute atomic E-state index is 0.378. The van der Waals surface area contributed by atoms with Gasteiger partial charge in [0.1, 0.15) is 5.60 Å². The first-order valence-corrected chi connectivity index (χ1v) is 9.39. The molecule has 0 radical (unpaired) electrons. The van der Waals surface area contributed by atoms with Crippen molar-refractivity contribution in [3.8, 4) is 0 Å². The summed E-state index contributed by atoms with van der Waals surface area (Å²) in [6, 6.07) is 6.74. The van der Waals surface area contributed by atoms with Crippen LogP contribution < -0.4 is 16.0 Å². The van der Waals surface area contributed by atoms with Gasteiger partial charge in [0.05, 0.1) is 0 Å².